The summed E-state index contributed by atoms with van der Waals surface area (Å²) in [7, 11) is 0. The zero-order chi connectivity index (χ0) is 32.3. The fraction of sp³-hybridized carbons (Fsp3) is 0.583. The summed E-state index contributed by atoms with van der Waals surface area (Å²) in [5.41, 5.74) is 4.74. The number of aryl methyl sites for hydroxylation is 3. The maximum absolute atomic E-state index is 14.5. The summed E-state index contributed by atoms with van der Waals surface area (Å²) in [5.74, 6) is -0.796. The summed E-state index contributed by atoms with van der Waals surface area (Å²) in [4.78, 5) is 43.5. The molecule has 7 heteroatoms. The normalized spacial score (nSPS) is 12.9. The third kappa shape index (κ3) is 10.7. The zero-order valence-electron chi connectivity index (χ0n) is 28.2. The van der Waals surface area contributed by atoms with Crippen LogP contribution in [-0.4, -0.2) is 41.0 Å². The van der Waals surface area contributed by atoms with E-state index in [4.69, 9.17) is 4.74 Å². The highest BCUT2D eigenvalue weighted by Gasteiger charge is 2.38. The van der Waals surface area contributed by atoms with Crippen LogP contribution in [0.2, 0.25) is 0 Å². The quantitative estimate of drug-likeness (QED) is 0.216. The highest BCUT2D eigenvalue weighted by atomic mass is 16.6. The first-order valence-electron chi connectivity index (χ1n) is 15.9. The number of ether oxygens (including phenoxy) is 1. The Morgan fingerprint density at radius 2 is 1.40 bits per heavy atom. The summed E-state index contributed by atoms with van der Waals surface area (Å²) in [6, 6.07) is 10.0. The molecule has 0 saturated carbocycles. The lowest BCUT2D eigenvalue weighted by atomic mass is 9.93. The number of benzene rings is 2. The van der Waals surface area contributed by atoms with Gasteiger partial charge in [0, 0.05) is 12.2 Å². The van der Waals surface area contributed by atoms with Gasteiger partial charge in [0.1, 0.15) is 17.7 Å². The fourth-order valence-corrected chi connectivity index (χ4v) is 5.28. The number of hydrogen-bond donors (Lipinski definition) is 2. The molecular weight excluding hydrogens is 538 g/mol. The number of anilines is 1. The molecular formula is C36H55N3O4. The Hall–Kier alpha value is -3.35. The van der Waals surface area contributed by atoms with Gasteiger partial charge in [-0.25, -0.2) is 4.79 Å². The van der Waals surface area contributed by atoms with Gasteiger partial charge < -0.3 is 20.3 Å². The molecule has 43 heavy (non-hydrogen) atoms. The van der Waals surface area contributed by atoms with Crippen molar-refractivity contribution >= 4 is 23.6 Å². The van der Waals surface area contributed by atoms with Gasteiger partial charge in [0.25, 0.3) is 5.91 Å². The molecule has 0 radical (unpaired) electrons. The standard InChI is InChI=1S/C36H55N3O4/c1-11-12-13-14-15-16-23-39(34(41)30(24(2)3)38-35(42)43-36(8,9)10)32(29-22-18-19-25(4)28(29)7)33(40)37-31-26(5)20-17-21-27(31)6/h17-22,24,30,32H,11-16,23H2,1-10H3,(H,37,40)(H,38,42). The number of amides is 3. The van der Waals surface area contributed by atoms with E-state index < -0.39 is 23.8 Å². The average molecular weight is 594 g/mol. The van der Waals surface area contributed by atoms with Gasteiger partial charge in [0.2, 0.25) is 5.91 Å². The molecule has 2 N–H and O–H groups in total. The van der Waals surface area contributed by atoms with E-state index in [1.165, 1.54) is 6.42 Å². The second-order valence-corrected chi connectivity index (χ2v) is 13.1. The van der Waals surface area contributed by atoms with Crippen molar-refractivity contribution in [2.45, 2.75) is 125 Å². The van der Waals surface area contributed by atoms with Crippen LogP contribution in [0, 0.1) is 33.6 Å². The number of rotatable bonds is 14. The van der Waals surface area contributed by atoms with Gasteiger partial charge in [0.15, 0.2) is 0 Å². The molecule has 7 nitrogen and oxygen atoms in total. The Balaban J connectivity index is 2.60. The number of unbranched alkanes of at least 4 members (excludes halogenated alkanes) is 5. The summed E-state index contributed by atoms with van der Waals surface area (Å²) in [6.45, 7) is 19.7. The maximum Gasteiger partial charge on any atom is 0.408 e. The molecule has 0 aliphatic carbocycles. The monoisotopic (exact) mass is 593 g/mol. The molecule has 2 rings (SSSR count). The molecule has 2 unspecified atom stereocenters. The second-order valence-electron chi connectivity index (χ2n) is 13.1. The number of carbonyl (C=O) groups is 3. The molecule has 0 bridgehead atoms. The van der Waals surface area contributed by atoms with Gasteiger partial charge in [-0.05, 0) is 88.6 Å². The second kappa shape index (κ2) is 16.5. The van der Waals surface area contributed by atoms with Crippen LogP contribution in [0.4, 0.5) is 10.5 Å². The number of nitrogens with one attached hydrogen (secondary N) is 2. The molecule has 238 valence electrons. The van der Waals surface area contributed by atoms with Crippen LogP contribution in [0.5, 0.6) is 0 Å². The van der Waals surface area contributed by atoms with Crippen LogP contribution < -0.4 is 10.6 Å². The van der Waals surface area contributed by atoms with Crippen LogP contribution in [0.1, 0.15) is 114 Å². The van der Waals surface area contributed by atoms with Crippen molar-refractivity contribution in [3.8, 4) is 0 Å². The van der Waals surface area contributed by atoms with E-state index in [1.54, 1.807) is 25.7 Å². The van der Waals surface area contributed by atoms with Crippen LogP contribution in [0.25, 0.3) is 0 Å². The van der Waals surface area contributed by atoms with Crippen molar-refractivity contribution in [2.24, 2.45) is 5.92 Å². The molecule has 2 atom stereocenters. The van der Waals surface area contributed by atoms with E-state index in [-0.39, 0.29) is 17.7 Å². The van der Waals surface area contributed by atoms with E-state index in [2.05, 4.69) is 17.6 Å². The smallest absolute Gasteiger partial charge is 0.408 e. The third-order valence-electron chi connectivity index (χ3n) is 7.87. The summed E-state index contributed by atoms with van der Waals surface area (Å²) >= 11 is 0. The van der Waals surface area contributed by atoms with Gasteiger partial charge in [-0.15, -0.1) is 0 Å². The van der Waals surface area contributed by atoms with Crippen molar-refractivity contribution in [1.82, 2.24) is 10.2 Å². The van der Waals surface area contributed by atoms with E-state index >= 15 is 0 Å². The number of nitrogens with zero attached hydrogens (tertiary/aromatic N) is 1. The largest absolute Gasteiger partial charge is 0.444 e. The number of alkyl carbamates (subject to hydrolysis) is 1. The predicted octanol–water partition coefficient (Wildman–Crippen LogP) is 8.34. The average Bonchev–Trinajstić information content (AvgIpc) is 2.91. The van der Waals surface area contributed by atoms with Crippen LogP contribution >= 0.6 is 0 Å². The minimum Gasteiger partial charge on any atom is -0.444 e. The van der Waals surface area contributed by atoms with Crippen molar-refractivity contribution in [3.63, 3.8) is 0 Å². The van der Waals surface area contributed by atoms with E-state index in [9.17, 15) is 14.4 Å². The molecule has 0 aromatic heterocycles. The van der Waals surface area contributed by atoms with Crippen molar-refractivity contribution in [3.05, 3.63) is 64.2 Å². The lowest BCUT2D eigenvalue weighted by Gasteiger charge is -2.36. The molecule has 0 spiro atoms. The van der Waals surface area contributed by atoms with Gasteiger partial charge in [0.05, 0.1) is 0 Å². The Kier molecular flexibility index (Phi) is 13.7. The zero-order valence-corrected chi connectivity index (χ0v) is 28.2. The molecule has 0 fully saturated rings. The molecule has 0 aliphatic rings. The first kappa shape index (κ1) is 35.8. The Labute approximate surface area is 260 Å². The molecule has 3 amide bonds. The van der Waals surface area contributed by atoms with E-state index in [0.29, 0.717) is 6.54 Å². The van der Waals surface area contributed by atoms with Gasteiger partial charge in [-0.2, -0.15) is 0 Å². The minimum absolute atomic E-state index is 0.229. The molecule has 0 heterocycles. The van der Waals surface area contributed by atoms with Crippen molar-refractivity contribution in [1.29, 1.82) is 0 Å². The van der Waals surface area contributed by atoms with Gasteiger partial charge in [-0.1, -0.05) is 89.3 Å². The van der Waals surface area contributed by atoms with Crippen molar-refractivity contribution in [2.75, 3.05) is 11.9 Å². The van der Waals surface area contributed by atoms with Gasteiger partial charge >= 0.3 is 6.09 Å². The molecule has 2 aromatic rings. The molecule has 0 saturated heterocycles. The maximum atomic E-state index is 14.5. The summed E-state index contributed by atoms with van der Waals surface area (Å²) < 4.78 is 5.52. The SMILES string of the molecule is CCCCCCCCN(C(=O)C(NC(=O)OC(C)(C)C)C(C)C)C(C(=O)Nc1c(C)cccc1C)c1cccc(C)c1C. The molecule has 0 aliphatic heterocycles. The third-order valence-corrected chi connectivity index (χ3v) is 7.87. The van der Waals surface area contributed by atoms with Crippen LogP contribution in [-0.2, 0) is 14.3 Å². The first-order valence-corrected chi connectivity index (χ1v) is 15.9. The highest BCUT2D eigenvalue weighted by Crippen LogP contribution is 2.31. The summed E-state index contributed by atoms with van der Waals surface area (Å²) in [6.07, 6.45) is 5.61. The van der Waals surface area contributed by atoms with E-state index in [0.717, 1.165) is 65.6 Å². The van der Waals surface area contributed by atoms with Gasteiger partial charge in [-0.3, -0.25) is 9.59 Å². The highest BCUT2D eigenvalue weighted by molar-refractivity contribution is 6.00. The Morgan fingerprint density at radius 1 is 0.837 bits per heavy atom. The van der Waals surface area contributed by atoms with Crippen molar-refractivity contribution < 1.29 is 19.1 Å². The first-order chi connectivity index (χ1) is 20.2. The summed E-state index contributed by atoms with van der Waals surface area (Å²) in [5, 5.41) is 6.00. The predicted molar refractivity (Wildman–Crippen MR) is 176 cm³/mol. The minimum atomic E-state index is -0.885. The van der Waals surface area contributed by atoms with E-state index in [1.807, 2.05) is 77.9 Å². The Morgan fingerprint density at radius 3 is 1.98 bits per heavy atom. The molecule has 2 aromatic carbocycles. The number of carbonyl (C=O) groups excluding carboxylic acids is 3. The van der Waals surface area contributed by atoms with Crippen LogP contribution in [0.3, 0.4) is 0 Å². The lowest BCUT2D eigenvalue weighted by molar-refractivity contribution is -0.141. The lowest BCUT2D eigenvalue weighted by Crippen LogP contribution is -2.54. The Bertz CT molecular complexity index is 1210. The number of para-hydroxylation sites is 1. The fourth-order valence-electron chi connectivity index (χ4n) is 5.28. The number of hydrogen-bond acceptors (Lipinski definition) is 4. The van der Waals surface area contributed by atoms with Crippen LogP contribution in [0.15, 0.2) is 36.4 Å². The topological polar surface area (TPSA) is 87.7 Å².